The molecule has 0 fully saturated rings. The van der Waals surface area contributed by atoms with E-state index >= 15 is 0 Å². The topological polar surface area (TPSA) is 92.3 Å². The number of likely N-dealkylation sites (N-methyl/N-ethyl adjacent to an activating group) is 1. The number of sulfonamides is 1. The van der Waals surface area contributed by atoms with Gasteiger partial charge in [-0.1, -0.05) is 87.9 Å². The Kier molecular flexibility index (Phi) is 8.07. The summed E-state index contributed by atoms with van der Waals surface area (Å²) in [5, 5.41) is 12.2. The molecule has 1 N–H and O–H groups in total. The van der Waals surface area contributed by atoms with Gasteiger partial charge in [-0.3, -0.25) is 4.79 Å². The highest BCUT2D eigenvalue weighted by Crippen LogP contribution is 2.28. The first-order chi connectivity index (χ1) is 16.8. The summed E-state index contributed by atoms with van der Waals surface area (Å²) in [6.45, 7) is 0.140. The van der Waals surface area contributed by atoms with E-state index in [1.165, 1.54) is 22.7 Å². The molecule has 35 heavy (non-hydrogen) atoms. The second kappa shape index (κ2) is 11.2. The second-order valence-electron chi connectivity index (χ2n) is 7.88. The van der Waals surface area contributed by atoms with Crippen LogP contribution in [0.2, 0.25) is 0 Å². The normalized spacial score (nSPS) is 12.4. The van der Waals surface area contributed by atoms with E-state index in [1.807, 2.05) is 60.7 Å². The molecule has 1 amide bonds. The van der Waals surface area contributed by atoms with Gasteiger partial charge in [0.15, 0.2) is 0 Å². The number of nitrogens with zero attached hydrogens (tertiary/aromatic N) is 3. The molecule has 0 bridgehead atoms. The molecule has 0 aliphatic heterocycles. The van der Waals surface area contributed by atoms with E-state index in [0.29, 0.717) is 10.1 Å². The minimum atomic E-state index is -3.72. The molecule has 0 saturated carbocycles. The number of carbonyl (C=O) groups is 1. The third kappa shape index (κ3) is 6.40. The summed E-state index contributed by atoms with van der Waals surface area (Å²) < 4.78 is 28.3. The molecule has 4 rings (SSSR count). The van der Waals surface area contributed by atoms with Crippen molar-refractivity contribution in [2.45, 2.75) is 17.2 Å². The van der Waals surface area contributed by atoms with Crippen LogP contribution in [0.5, 0.6) is 0 Å². The molecular formula is C25H23BrN4O3S2. The Balaban J connectivity index is 1.49. The molecule has 180 valence electrons. The van der Waals surface area contributed by atoms with Crippen LogP contribution < -0.4 is 5.32 Å². The van der Waals surface area contributed by atoms with Crippen LogP contribution in [-0.4, -0.2) is 42.4 Å². The first kappa shape index (κ1) is 25.2. The molecule has 0 spiro atoms. The van der Waals surface area contributed by atoms with Crippen LogP contribution in [0.4, 0.5) is 5.13 Å². The molecule has 0 aliphatic rings. The summed E-state index contributed by atoms with van der Waals surface area (Å²) in [5.41, 5.74) is 1.80. The van der Waals surface area contributed by atoms with Gasteiger partial charge >= 0.3 is 0 Å². The lowest BCUT2D eigenvalue weighted by molar-refractivity contribution is -0.116. The smallest absolute Gasteiger partial charge is 0.242 e. The summed E-state index contributed by atoms with van der Waals surface area (Å²) >= 11 is 4.62. The molecule has 0 aliphatic carbocycles. The number of benzene rings is 3. The Labute approximate surface area is 217 Å². The number of hydrogen-bond acceptors (Lipinski definition) is 6. The van der Waals surface area contributed by atoms with Crippen molar-refractivity contribution >= 4 is 48.3 Å². The average molecular weight is 572 g/mol. The van der Waals surface area contributed by atoms with E-state index in [1.54, 1.807) is 24.3 Å². The molecule has 10 heteroatoms. The van der Waals surface area contributed by atoms with Gasteiger partial charge in [0, 0.05) is 36.0 Å². The van der Waals surface area contributed by atoms with Gasteiger partial charge in [0.05, 0.1) is 4.90 Å². The number of amides is 1. The van der Waals surface area contributed by atoms with E-state index in [9.17, 15) is 13.2 Å². The summed E-state index contributed by atoms with van der Waals surface area (Å²) in [6.07, 6.45) is 0.0878. The lowest BCUT2D eigenvalue weighted by Crippen LogP contribution is -2.32. The van der Waals surface area contributed by atoms with E-state index in [2.05, 4.69) is 31.4 Å². The fourth-order valence-corrected chi connectivity index (χ4v) is 5.82. The standard InChI is InChI=1S/C25H23BrN4O3S2/c1-30(35(32,33)22-14-12-21(26)13-15-22)17-20(18-8-4-2-5-9-18)16-23(31)27-25-29-28-24(34-25)19-10-6-3-7-11-19/h2-15,20H,16-17H2,1H3,(H,27,29,31)/t20-/m1/s1. The van der Waals surface area contributed by atoms with Gasteiger partial charge in [0.25, 0.3) is 0 Å². The first-order valence-corrected chi connectivity index (χ1v) is 13.8. The molecule has 4 aromatic rings. The van der Waals surface area contributed by atoms with E-state index in [4.69, 9.17) is 0 Å². The SMILES string of the molecule is CN(C[C@@H](CC(=O)Nc1nnc(-c2ccccc2)s1)c1ccccc1)S(=O)(=O)c1ccc(Br)cc1. The Morgan fingerprint density at radius 3 is 2.26 bits per heavy atom. The fraction of sp³-hybridized carbons (Fsp3) is 0.160. The van der Waals surface area contributed by atoms with Crippen molar-refractivity contribution in [1.29, 1.82) is 0 Å². The van der Waals surface area contributed by atoms with Crippen LogP contribution in [0.15, 0.2) is 94.3 Å². The molecule has 1 heterocycles. The largest absolute Gasteiger partial charge is 0.301 e. The van der Waals surface area contributed by atoms with Crippen molar-refractivity contribution < 1.29 is 13.2 Å². The number of halogens is 1. The number of carbonyl (C=O) groups excluding carboxylic acids is 1. The lowest BCUT2D eigenvalue weighted by Gasteiger charge is -2.24. The van der Waals surface area contributed by atoms with E-state index in [0.717, 1.165) is 15.6 Å². The molecule has 0 unspecified atom stereocenters. The highest BCUT2D eigenvalue weighted by molar-refractivity contribution is 9.10. The summed E-state index contributed by atoms with van der Waals surface area (Å²) in [7, 11) is -2.19. The fourth-order valence-electron chi connectivity index (χ4n) is 3.57. The van der Waals surface area contributed by atoms with Crippen LogP contribution >= 0.6 is 27.3 Å². The maximum atomic E-state index is 13.1. The number of hydrogen-bond donors (Lipinski definition) is 1. The van der Waals surface area contributed by atoms with Crippen molar-refractivity contribution in [3.63, 3.8) is 0 Å². The van der Waals surface area contributed by atoms with Gasteiger partial charge in [-0.25, -0.2) is 12.7 Å². The number of rotatable bonds is 9. The first-order valence-electron chi connectivity index (χ1n) is 10.8. The van der Waals surface area contributed by atoms with Crippen molar-refractivity contribution in [2.24, 2.45) is 0 Å². The molecule has 3 aromatic carbocycles. The van der Waals surface area contributed by atoms with Gasteiger partial charge in [0.1, 0.15) is 5.01 Å². The molecule has 1 aromatic heterocycles. The van der Waals surface area contributed by atoms with Crippen LogP contribution in [-0.2, 0) is 14.8 Å². The molecule has 0 saturated heterocycles. The Morgan fingerprint density at radius 1 is 0.971 bits per heavy atom. The highest BCUT2D eigenvalue weighted by atomic mass is 79.9. The summed E-state index contributed by atoms with van der Waals surface area (Å²) in [4.78, 5) is 13.1. The quantitative estimate of drug-likeness (QED) is 0.291. The van der Waals surface area contributed by atoms with Crippen molar-refractivity contribution in [3.05, 3.63) is 95.0 Å². The highest BCUT2D eigenvalue weighted by Gasteiger charge is 2.26. The lowest BCUT2D eigenvalue weighted by atomic mass is 9.95. The van der Waals surface area contributed by atoms with Gasteiger partial charge in [-0.05, 0) is 29.8 Å². The zero-order valence-electron chi connectivity index (χ0n) is 18.8. The zero-order chi connectivity index (χ0) is 24.8. The van der Waals surface area contributed by atoms with Gasteiger partial charge in [-0.15, -0.1) is 10.2 Å². The predicted molar refractivity (Wildman–Crippen MR) is 142 cm³/mol. The molecule has 0 radical (unpaired) electrons. The minimum Gasteiger partial charge on any atom is -0.301 e. The van der Waals surface area contributed by atoms with Crippen LogP contribution in [0, 0.1) is 0 Å². The van der Waals surface area contributed by atoms with Crippen LogP contribution in [0.25, 0.3) is 10.6 Å². The van der Waals surface area contributed by atoms with E-state index in [-0.39, 0.29) is 29.7 Å². The third-order valence-corrected chi connectivity index (χ3v) is 8.65. The number of nitrogens with one attached hydrogen (secondary N) is 1. The van der Waals surface area contributed by atoms with E-state index < -0.39 is 10.0 Å². The second-order valence-corrected chi connectivity index (χ2v) is 11.8. The molecule has 1 atom stereocenters. The maximum Gasteiger partial charge on any atom is 0.242 e. The van der Waals surface area contributed by atoms with Crippen molar-refractivity contribution in [2.75, 3.05) is 18.9 Å². The van der Waals surface area contributed by atoms with Gasteiger partial charge in [-0.2, -0.15) is 0 Å². The number of anilines is 1. The average Bonchev–Trinajstić information content (AvgIpc) is 3.33. The Bertz CT molecular complexity index is 1380. The Morgan fingerprint density at radius 2 is 1.60 bits per heavy atom. The monoisotopic (exact) mass is 570 g/mol. The minimum absolute atomic E-state index is 0.0878. The van der Waals surface area contributed by atoms with Gasteiger partial charge in [0.2, 0.25) is 21.1 Å². The summed E-state index contributed by atoms with van der Waals surface area (Å²) in [6, 6.07) is 25.5. The molecular weight excluding hydrogens is 548 g/mol. The molecule has 7 nitrogen and oxygen atoms in total. The zero-order valence-corrected chi connectivity index (χ0v) is 22.1. The van der Waals surface area contributed by atoms with Gasteiger partial charge < -0.3 is 5.32 Å². The van der Waals surface area contributed by atoms with Crippen LogP contribution in [0.3, 0.4) is 0 Å². The van der Waals surface area contributed by atoms with Crippen LogP contribution in [0.1, 0.15) is 17.9 Å². The third-order valence-electron chi connectivity index (χ3n) is 5.39. The van der Waals surface area contributed by atoms with Crippen molar-refractivity contribution in [1.82, 2.24) is 14.5 Å². The Hall–Kier alpha value is -2.92. The maximum absolute atomic E-state index is 13.1. The van der Waals surface area contributed by atoms with Crippen molar-refractivity contribution in [3.8, 4) is 10.6 Å². The summed E-state index contributed by atoms with van der Waals surface area (Å²) in [5.74, 6) is -0.614. The number of aromatic nitrogens is 2. The predicted octanol–water partition coefficient (Wildman–Crippen LogP) is 5.40.